The van der Waals surface area contributed by atoms with Crippen LogP contribution in [0.5, 0.6) is 0 Å². The van der Waals surface area contributed by atoms with Gasteiger partial charge in [-0.05, 0) is 54.1 Å². The number of nitriles is 1. The molecular formula is C21H19N4O4S-. The van der Waals surface area contributed by atoms with Crippen LogP contribution < -0.4 is 5.23 Å². The molecule has 0 aliphatic carbocycles. The summed E-state index contributed by atoms with van der Waals surface area (Å²) in [6.07, 6.45) is 1.60. The molecule has 3 aromatic rings. The van der Waals surface area contributed by atoms with E-state index in [1.807, 2.05) is 6.07 Å². The van der Waals surface area contributed by atoms with Crippen molar-refractivity contribution < 1.29 is 13.3 Å². The Morgan fingerprint density at radius 2 is 1.73 bits per heavy atom. The second kappa shape index (κ2) is 9.47. The normalized spacial score (nSPS) is 11.3. The highest BCUT2D eigenvalue weighted by Crippen LogP contribution is 2.22. The second-order valence-corrected chi connectivity index (χ2v) is 8.27. The predicted molar refractivity (Wildman–Crippen MR) is 111 cm³/mol. The van der Waals surface area contributed by atoms with Crippen LogP contribution in [0.3, 0.4) is 0 Å². The van der Waals surface area contributed by atoms with Crippen LogP contribution in [-0.4, -0.2) is 24.8 Å². The number of hydrogen-bond acceptors (Lipinski definition) is 7. The van der Waals surface area contributed by atoms with Crippen LogP contribution in [0, 0.1) is 16.5 Å². The zero-order chi connectivity index (χ0) is 21.6. The van der Waals surface area contributed by atoms with Crippen molar-refractivity contribution in [1.82, 2.24) is 9.29 Å². The van der Waals surface area contributed by atoms with Crippen molar-refractivity contribution in [3.63, 3.8) is 0 Å². The van der Waals surface area contributed by atoms with E-state index < -0.39 is 10.0 Å². The van der Waals surface area contributed by atoms with Gasteiger partial charge in [0.15, 0.2) is 0 Å². The number of anilines is 1. The Labute approximate surface area is 175 Å². The van der Waals surface area contributed by atoms with Crippen LogP contribution in [0.1, 0.15) is 16.8 Å². The fraction of sp³-hybridized carbons (Fsp3) is 0.143. The standard InChI is InChI=1S/C21H19N4O4S/c1-29-25(26)20-9-5-18(6-10-20)15-24(16-19-4-2-3-13-23-19)30(27,28)21-11-7-17(14-22)8-12-21/h2-13H,15-16H2,1H3/q-1. The van der Waals surface area contributed by atoms with Gasteiger partial charge in [-0.15, -0.1) is 0 Å². The molecule has 154 valence electrons. The molecule has 0 spiro atoms. The van der Waals surface area contributed by atoms with E-state index in [2.05, 4.69) is 9.82 Å². The Kier molecular flexibility index (Phi) is 6.76. The molecule has 0 amide bonds. The Morgan fingerprint density at radius 3 is 2.30 bits per heavy atom. The van der Waals surface area contributed by atoms with E-state index in [9.17, 15) is 13.6 Å². The molecule has 9 heteroatoms. The molecule has 2 aromatic carbocycles. The first-order chi connectivity index (χ1) is 14.4. The van der Waals surface area contributed by atoms with Gasteiger partial charge < -0.3 is 10.4 Å². The lowest BCUT2D eigenvalue weighted by Gasteiger charge is -2.27. The van der Waals surface area contributed by atoms with E-state index in [4.69, 9.17) is 5.26 Å². The maximum Gasteiger partial charge on any atom is 0.243 e. The zero-order valence-electron chi connectivity index (χ0n) is 16.2. The third-order valence-corrected chi connectivity index (χ3v) is 6.16. The van der Waals surface area contributed by atoms with Gasteiger partial charge in [0.05, 0.1) is 41.6 Å². The van der Waals surface area contributed by atoms with Gasteiger partial charge in [-0.25, -0.2) is 8.42 Å². The first-order valence-corrected chi connectivity index (χ1v) is 10.4. The molecule has 0 aliphatic heterocycles. The van der Waals surface area contributed by atoms with Gasteiger partial charge in [-0.2, -0.15) is 9.57 Å². The van der Waals surface area contributed by atoms with Crippen LogP contribution in [0.2, 0.25) is 0 Å². The third kappa shape index (κ3) is 5.00. The predicted octanol–water partition coefficient (Wildman–Crippen LogP) is 3.21. The summed E-state index contributed by atoms with van der Waals surface area (Å²) in [6, 6.07) is 19.5. The molecule has 1 aromatic heterocycles. The van der Waals surface area contributed by atoms with E-state index in [0.717, 1.165) is 0 Å². The Hall–Kier alpha value is -3.29. The summed E-state index contributed by atoms with van der Waals surface area (Å²) in [4.78, 5) is 8.92. The SMILES string of the molecule is CON([O-])c1ccc(CN(Cc2ccccn2)S(=O)(=O)c2ccc(C#N)cc2)cc1. The number of rotatable bonds is 8. The third-order valence-electron chi connectivity index (χ3n) is 4.36. The largest absolute Gasteiger partial charge is 0.733 e. The number of aromatic nitrogens is 1. The van der Waals surface area contributed by atoms with E-state index in [-0.39, 0.29) is 18.0 Å². The van der Waals surface area contributed by atoms with E-state index in [1.165, 1.54) is 35.7 Å². The summed E-state index contributed by atoms with van der Waals surface area (Å²) in [5.41, 5.74) is 1.96. The molecule has 8 nitrogen and oxygen atoms in total. The molecular weight excluding hydrogens is 404 g/mol. The maximum atomic E-state index is 13.3. The van der Waals surface area contributed by atoms with Crippen LogP contribution in [0.15, 0.2) is 77.8 Å². The maximum absolute atomic E-state index is 13.3. The topological polar surface area (TPSA) is 110 Å². The van der Waals surface area contributed by atoms with E-state index in [1.54, 1.807) is 48.7 Å². The number of hydrogen-bond donors (Lipinski definition) is 0. The summed E-state index contributed by atoms with van der Waals surface area (Å²) >= 11 is 0. The summed E-state index contributed by atoms with van der Waals surface area (Å²) < 4.78 is 27.9. The average molecular weight is 423 g/mol. The summed E-state index contributed by atoms with van der Waals surface area (Å²) in [5, 5.41) is 20.9. The zero-order valence-corrected chi connectivity index (χ0v) is 17.0. The lowest BCUT2D eigenvalue weighted by atomic mass is 10.2. The van der Waals surface area contributed by atoms with Gasteiger partial charge in [-0.3, -0.25) is 9.82 Å². The highest BCUT2D eigenvalue weighted by molar-refractivity contribution is 7.89. The lowest BCUT2D eigenvalue weighted by molar-refractivity contribution is 0.198. The molecule has 1 heterocycles. The summed E-state index contributed by atoms with van der Waals surface area (Å²) in [6.45, 7) is 0.141. The van der Waals surface area contributed by atoms with Crippen molar-refractivity contribution >= 4 is 15.7 Å². The van der Waals surface area contributed by atoms with Crippen molar-refractivity contribution in [1.29, 1.82) is 5.26 Å². The van der Waals surface area contributed by atoms with Crippen molar-refractivity contribution in [2.75, 3.05) is 12.3 Å². The molecule has 0 radical (unpaired) electrons. The van der Waals surface area contributed by atoms with Crippen molar-refractivity contribution in [2.24, 2.45) is 0 Å². The van der Waals surface area contributed by atoms with Crippen LogP contribution >= 0.6 is 0 Å². The fourth-order valence-corrected chi connectivity index (χ4v) is 4.18. The van der Waals surface area contributed by atoms with Gasteiger partial charge in [-0.1, -0.05) is 18.2 Å². The molecule has 0 saturated heterocycles. The summed E-state index contributed by atoms with van der Waals surface area (Å²) in [7, 11) is -2.60. The van der Waals surface area contributed by atoms with E-state index in [0.29, 0.717) is 27.7 Å². The van der Waals surface area contributed by atoms with E-state index >= 15 is 0 Å². The molecule has 0 unspecified atom stereocenters. The first kappa shape index (κ1) is 21.4. The molecule has 0 bridgehead atoms. The van der Waals surface area contributed by atoms with Crippen molar-refractivity contribution in [3.8, 4) is 6.07 Å². The Morgan fingerprint density at radius 1 is 1.03 bits per heavy atom. The number of benzene rings is 2. The molecule has 3 rings (SSSR count). The molecule has 0 atom stereocenters. The smallest absolute Gasteiger partial charge is 0.243 e. The highest BCUT2D eigenvalue weighted by atomic mass is 32.2. The molecule has 0 fully saturated rings. The van der Waals surface area contributed by atoms with Crippen molar-refractivity contribution in [3.05, 3.63) is 95.0 Å². The first-order valence-electron chi connectivity index (χ1n) is 8.94. The van der Waals surface area contributed by atoms with Crippen LogP contribution in [0.4, 0.5) is 5.69 Å². The van der Waals surface area contributed by atoms with Crippen LogP contribution in [-0.2, 0) is 28.0 Å². The molecule has 30 heavy (non-hydrogen) atoms. The Bertz CT molecular complexity index is 1110. The number of sulfonamides is 1. The fourth-order valence-electron chi connectivity index (χ4n) is 2.78. The minimum atomic E-state index is -3.87. The molecule has 0 saturated carbocycles. The minimum absolute atomic E-state index is 0.0661. The number of nitrogens with zero attached hydrogens (tertiary/aromatic N) is 4. The monoisotopic (exact) mass is 423 g/mol. The Balaban J connectivity index is 1.92. The van der Waals surface area contributed by atoms with Gasteiger partial charge in [0.25, 0.3) is 0 Å². The van der Waals surface area contributed by atoms with Crippen molar-refractivity contribution in [2.45, 2.75) is 18.0 Å². The molecule has 0 aliphatic rings. The van der Waals surface area contributed by atoms with Crippen LogP contribution in [0.25, 0.3) is 0 Å². The minimum Gasteiger partial charge on any atom is -0.733 e. The van der Waals surface area contributed by atoms with Gasteiger partial charge in [0.2, 0.25) is 10.0 Å². The van der Waals surface area contributed by atoms with Gasteiger partial charge in [0.1, 0.15) is 0 Å². The number of pyridine rings is 1. The summed E-state index contributed by atoms with van der Waals surface area (Å²) in [5.74, 6) is 0. The average Bonchev–Trinajstić information content (AvgIpc) is 2.79. The quantitative estimate of drug-likeness (QED) is 0.512. The van der Waals surface area contributed by atoms with Gasteiger partial charge >= 0.3 is 0 Å². The molecule has 0 N–H and O–H groups in total. The van der Waals surface area contributed by atoms with Gasteiger partial charge in [0, 0.05) is 12.7 Å². The lowest BCUT2D eigenvalue weighted by Crippen LogP contribution is -2.30. The second-order valence-electron chi connectivity index (χ2n) is 6.34. The highest BCUT2D eigenvalue weighted by Gasteiger charge is 2.25.